The lowest BCUT2D eigenvalue weighted by atomic mass is 10.0. The number of piperidine rings is 1. The summed E-state index contributed by atoms with van der Waals surface area (Å²) in [6, 6.07) is 5.62. The first kappa shape index (κ1) is 18.8. The molecule has 1 heterocycles. The molecule has 1 fully saturated rings. The molecule has 1 unspecified atom stereocenters. The van der Waals surface area contributed by atoms with Crippen molar-refractivity contribution in [3.8, 4) is 11.5 Å². The molecule has 6 heteroatoms. The fraction of sp³-hybridized carbons (Fsp3) is 0.611. The lowest BCUT2D eigenvalue weighted by Gasteiger charge is -2.30. The predicted molar refractivity (Wildman–Crippen MR) is 103 cm³/mol. The molecule has 0 radical (unpaired) electrons. The van der Waals surface area contributed by atoms with E-state index in [1.54, 1.807) is 14.2 Å². The molecule has 1 aromatic carbocycles. The monoisotopic (exact) mass is 351 g/mol. The molecule has 134 valence electrons. The van der Waals surface area contributed by atoms with E-state index in [1.807, 2.05) is 18.2 Å². The molecular weight excluding hydrogens is 322 g/mol. The van der Waals surface area contributed by atoms with Crippen molar-refractivity contribution in [2.24, 2.45) is 5.92 Å². The van der Waals surface area contributed by atoms with E-state index in [1.165, 1.54) is 25.9 Å². The number of nitrogens with one attached hydrogen (secondary N) is 2. The third-order valence-electron chi connectivity index (χ3n) is 4.33. The first-order valence-electron chi connectivity index (χ1n) is 8.61. The van der Waals surface area contributed by atoms with Crippen LogP contribution in [-0.2, 0) is 0 Å². The third-order valence-corrected chi connectivity index (χ3v) is 4.58. The van der Waals surface area contributed by atoms with E-state index in [0.29, 0.717) is 10.9 Å². The molecule has 2 rings (SSSR count). The first-order chi connectivity index (χ1) is 11.6. The Kier molecular flexibility index (Phi) is 7.59. The molecule has 1 saturated heterocycles. The van der Waals surface area contributed by atoms with Gasteiger partial charge in [0, 0.05) is 19.2 Å². The van der Waals surface area contributed by atoms with Crippen molar-refractivity contribution < 1.29 is 9.47 Å². The number of anilines is 1. The van der Waals surface area contributed by atoms with E-state index >= 15 is 0 Å². The van der Waals surface area contributed by atoms with Gasteiger partial charge in [0.1, 0.15) is 11.5 Å². The summed E-state index contributed by atoms with van der Waals surface area (Å²) < 4.78 is 10.6. The van der Waals surface area contributed by atoms with Crippen molar-refractivity contribution in [2.45, 2.75) is 26.2 Å². The summed E-state index contributed by atoms with van der Waals surface area (Å²) in [6.07, 6.45) is 3.78. The zero-order valence-corrected chi connectivity index (χ0v) is 15.7. The molecular formula is C18H29N3O2S. The van der Waals surface area contributed by atoms with Crippen molar-refractivity contribution >= 4 is 23.0 Å². The Labute approximate surface area is 150 Å². The predicted octanol–water partition coefficient (Wildman–Crippen LogP) is 3.11. The SMILES string of the molecule is COc1ccc(NC(=S)NCCCN2CCCC(C)C2)c(OC)c1. The lowest BCUT2D eigenvalue weighted by Crippen LogP contribution is -2.37. The minimum atomic E-state index is 0.616. The molecule has 0 bridgehead atoms. The number of hydrogen-bond donors (Lipinski definition) is 2. The topological polar surface area (TPSA) is 45.8 Å². The van der Waals surface area contributed by atoms with Crippen LogP contribution in [0.1, 0.15) is 26.2 Å². The Balaban J connectivity index is 1.71. The Morgan fingerprint density at radius 2 is 2.17 bits per heavy atom. The number of ether oxygens (including phenoxy) is 2. The number of benzene rings is 1. The van der Waals surface area contributed by atoms with Crippen molar-refractivity contribution in [1.29, 1.82) is 0 Å². The second-order valence-corrected chi connectivity index (χ2v) is 6.76. The van der Waals surface area contributed by atoms with Gasteiger partial charge in [0.2, 0.25) is 0 Å². The van der Waals surface area contributed by atoms with Crippen LogP contribution in [0.3, 0.4) is 0 Å². The number of nitrogens with zero attached hydrogens (tertiary/aromatic N) is 1. The molecule has 1 aliphatic heterocycles. The van der Waals surface area contributed by atoms with Crippen molar-refractivity contribution in [2.75, 3.05) is 45.7 Å². The molecule has 1 aliphatic rings. The van der Waals surface area contributed by atoms with Crippen LogP contribution in [0.15, 0.2) is 18.2 Å². The second kappa shape index (κ2) is 9.69. The average Bonchev–Trinajstić information content (AvgIpc) is 2.59. The number of rotatable bonds is 7. The molecule has 0 saturated carbocycles. The molecule has 0 aliphatic carbocycles. The fourth-order valence-corrected chi connectivity index (χ4v) is 3.27. The summed E-state index contributed by atoms with van der Waals surface area (Å²) in [7, 11) is 3.27. The zero-order chi connectivity index (χ0) is 17.4. The van der Waals surface area contributed by atoms with Gasteiger partial charge in [-0.15, -0.1) is 0 Å². The van der Waals surface area contributed by atoms with Crippen LogP contribution in [0.2, 0.25) is 0 Å². The number of methoxy groups -OCH3 is 2. The molecule has 0 amide bonds. The fourth-order valence-electron chi connectivity index (χ4n) is 3.06. The van der Waals surface area contributed by atoms with E-state index in [2.05, 4.69) is 22.5 Å². The van der Waals surface area contributed by atoms with E-state index in [9.17, 15) is 0 Å². The van der Waals surface area contributed by atoms with Gasteiger partial charge in [0.25, 0.3) is 0 Å². The third kappa shape index (κ3) is 5.83. The molecule has 0 aromatic heterocycles. The summed E-state index contributed by atoms with van der Waals surface area (Å²) >= 11 is 5.37. The highest BCUT2D eigenvalue weighted by molar-refractivity contribution is 7.80. The van der Waals surface area contributed by atoms with Gasteiger partial charge in [0.15, 0.2) is 5.11 Å². The summed E-state index contributed by atoms with van der Waals surface area (Å²) in [4.78, 5) is 2.55. The maximum atomic E-state index is 5.37. The molecule has 2 N–H and O–H groups in total. The summed E-state index contributed by atoms with van der Waals surface area (Å²) in [6.45, 7) is 6.80. The quantitative estimate of drug-likeness (QED) is 0.581. The Bertz CT molecular complexity index is 539. The average molecular weight is 352 g/mol. The van der Waals surface area contributed by atoms with Gasteiger partial charge in [-0.2, -0.15) is 0 Å². The first-order valence-corrected chi connectivity index (χ1v) is 9.02. The zero-order valence-electron chi connectivity index (χ0n) is 14.9. The molecule has 1 atom stereocenters. The summed E-state index contributed by atoms with van der Waals surface area (Å²) in [5.41, 5.74) is 0.834. The van der Waals surface area contributed by atoms with Crippen molar-refractivity contribution in [3.63, 3.8) is 0 Å². The maximum absolute atomic E-state index is 5.37. The van der Waals surface area contributed by atoms with Gasteiger partial charge in [0.05, 0.1) is 19.9 Å². The van der Waals surface area contributed by atoms with Crippen LogP contribution in [0.4, 0.5) is 5.69 Å². The molecule has 0 spiro atoms. The van der Waals surface area contributed by atoms with E-state index in [4.69, 9.17) is 21.7 Å². The standard InChI is InChI=1S/C18H29N3O2S/c1-14-6-4-10-21(13-14)11-5-9-19-18(24)20-16-8-7-15(22-2)12-17(16)23-3/h7-8,12,14H,4-6,9-11,13H2,1-3H3,(H2,19,20,24). The van der Waals surface area contributed by atoms with Crippen molar-refractivity contribution in [1.82, 2.24) is 10.2 Å². The van der Waals surface area contributed by atoms with Crippen LogP contribution in [0.25, 0.3) is 0 Å². The Morgan fingerprint density at radius 1 is 1.33 bits per heavy atom. The normalized spacial score (nSPS) is 18.0. The van der Waals surface area contributed by atoms with Crippen molar-refractivity contribution in [3.05, 3.63) is 18.2 Å². The van der Waals surface area contributed by atoms with Gasteiger partial charge >= 0.3 is 0 Å². The van der Waals surface area contributed by atoms with E-state index in [-0.39, 0.29) is 0 Å². The van der Waals surface area contributed by atoms with Gasteiger partial charge < -0.3 is 25.0 Å². The number of hydrogen-bond acceptors (Lipinski definition) is 4. The number of thiocarbonyl (C=S) groups is 1. The minimum Gasteiger partial charge on any atom is -0.497 e. The van der Waals surface area contributed by atoms with Gasteiger partial charge in [-0.3, -0.25) is 0 Å². The highest BCUT2D eigenvalue weighted by Gasteiger charge is 2.15. The van der Waals surface area contributed by atoms with Crippen LogP contribution in [0, 0.1) is 5.92 Å². The van der Waals surface area contributed by atoms with Gasteiger partial charge in [-0.25, -0.2) is 0 Å². The largest absolute Gasteiger partial charge is 0.497 e. The summed E-state index contributed by atoms with van der Waals surface area (Å²) in [5, 5.41) is 7.07. The smallest absolute Gasteiger partial charge is 0.170 e. The maximum Gasteiger partial charge on any atom is 0.170 e. The van der Waals surface area contributed by atoms with E-state index < -0.39 is 0 Å². The highest BCUT2D eigenvalue weighted by Crippen LogP contribution is 2.28. The van der Waals surface area contributed by atoms with Crippen LogP contribution < -0.4 is 20.1 Å². The van der Waals surface area contributed by atoms with Gasteiger partial charge in [-0.05, 0) is 62.6 Å². The number of likely N-dealkylation sites (tertiary alicyclic amines) is 1. The van der Waals surface area contributed by atoms with Crippen LogP contribution >= 0.6 is 12.2 Å². The Hall–Kier alpha value is -1.53. The second-order valence-electron chi connectivity index (χ2n) is 6.35. The van der Waals surface area contributed by atoms with E-state index in [0.717, 1.165) is 36.9 Å². The highest BCUT2D eigenvalue weighted by atomic mass is 32.1. The Morgan fingerprint density at radius 3 is 2.88 bits per heavy atom. The van der Waals surface area contributed by atoms with Crippen LogP contribution in [-0.4, -0.2) is 50.4 Å². The molecule has 1 aromatic rings. The van der Waals surface area contributed by atoms with Crippen LogP contribution in [0.5, 0.6) is 11.5 Å². The molecule has 5 nitrogen and oxygen atoms in total. The summed E-state index contributed by atoms with van der Waals surface area (Å²) in [5.74, 6) is 2.30. The lowest BCUT2D eigenvalue weighted by molar-refractivity contribution is 0.182. The minimum absolute atomic E-state index is 0.616. The molecule has 24 heavy (non-hydrogen) atoms. The van der Waals surface area contributed by atoms with Gasteiger partial charge in [-0.1, -0.05) is 6.92 Å².